The van der Waals surface area contributed by atoms with E-state index in [1.54, 1.807) is 0 Å². The van der Waals surface area contributed by atoms with Crippen LogP contribution in [0.4, 0.5) is 0 Å². The van der Waals surface area contributed by atoms with Crippen LogP contribution in [0, 0.1) is 17.8 Å². The first-order valence-corrected chi connectivity index (χ1v) is 4.75. The first-order chi connectivity index (χ1) is 5.36. The highest BCUT2D eigenvalue weighted by Gasteiger charge is 2.44. The third-order valence-corrected chi connectivity index (χ3v) is 3.63. The molecule has 2 aliphatic rings. The molecule has 0 nitrogen and oxygen atoms in total. The van der Waals surface area contributed by atoms with Gasteiger partial charge in [-0.3, -0.25) is 0 Å². The van der Waals surface area contributed by atoms with Crippen molar-refractivity contribution in [2.75, 3.05) is 0 Å². The Kier molecular flexibility index (Phi) is 1.65. The maximum Gasteiger partial charge on any atom is -0.00928 e. The summed E-state index contributed by atoms with van der Waals surface area (Å²) in [7, 11) is 0. The maximum atomic E-state index is 3.73. The molecule has 0 spiro atoms. The lowest BCUT2D eigenvalue weighted by molar-refractivity contribution is 0.252. The molecule has 0 radical (unpaired) electrons. The van der Waals surface area contributed by atoms with E-state index in [2.05, 4.69) is 19.2 Å². The molecule has 0 aromatic heterocycles. The van der Waals surface area contributed by atoms with Crippen LogP contribution in [0.15, 0.2) is 17.9 Å². The molecule has 3 atom stereocenters. The Hall–Kier alpha value is -0.480. The van der Waals surface area contributed by atoms with Gasteiger partial charge in [-0.05, 0) is 42.6 Å². The van der Waals surface area contributed by atoms with E-state index in [0.29, 0.717) is 0 Å². The standard InChI is InChI=1S/C11H16/c1-3-8-5-6-10-9(4-2)7-11(8)10/h8,10-11H,2-3,5-7H2,1H3. The van der Waals surface area contributed by atoms with Crippen molar-refractivity contribution < 1.29 is 0 Å². The van der Waals surface area contributed by atoms with Gasteiger partial charge in [-0.15, -0.1) is 5.73 Å². The first kappa shape index (κ1) is 7.18. The van der Waals surface area contributed by atoms with Crippen LogP contribution in [0.5, 0.6) is 0 Å². The van der Waals surface area contributed by atoms with E-state index in [1.807, 2.05) is 0 Å². The van der Waals surface area contributed by atoms with Crippen molar-refractivity contribution in [3.8, 4) is 0 Å². The van der Waals surface area contributed by atoms with Crippen LogP contribution >= 0.6 is 0 Å². The smallest absolute Gasteiger partial charge is 0.00928 e. The minimum absolute atomic E-state index is 0.900. The molecule has 0 heteroatoms. The Morgan fingerprint density at radius 2 is 2.36 bits per heavy atom. The van der Waals surface area contributed by atoms with Crippen LogP contribution in [0.1, 0.15) is 32.6 Å². The molecule has 60 valence electrons. The Morgan fingerprint density at radius 3 is 3.00 bits per heavy atom. The van der Waals surface area contributed by atoms with Crippen molar-refractivity contribution in [2.24, 2.45) is 17.8 Å². The van der Waals surface area contributed by atoms with Gasteiger partial charge < -0.3 is 0 Å². The molecular weight excluding hydrogens is 132 g/mol. The average Bonchev–Trinajstić information content (AvgIpc) is 2.29. The van der Waals surface area contributed by atoms with Crippen LogP contribution < -0.4 is 0 Å². The summed E-state index contributed by atoms with van der Waals surface area (Å²) in [5.41, 5.74) is 4.60. The second-order valence-corrected chi connectivity index (χ2v) is 3.92. The van der Waals surface area contributed by atoms with Crippen molar-refractivity contribution >= 4 is 0 Å². The second kappa shape index (κ2) is 2.53. The zero-order valence-corrected chi connectivity index (χ0v) is 7.27. The molecular formula is C11H16. The minimum Gasteiger partial charge on any atom is -0.129 e. The molecule has 0 N–H and O–H groups in total. The summed E-state index contributed by atoms with van der Waals surface area (Å²) in [6.45, 7) is 6.05. The van der Waals surface area contributed by atoms with Crippen molar-refractivity contribution in [1.29, 1.82) is 0 Å². The highest BCUT2D eigenvalue weighted by atomic mass is 14.5. The molecule has 2 fully saturated rings. The summed E-state index contributed by atoms with van der Waals surface area (Å²) in [5.74, 6) is 2.94. The van der Waals surface area contributed by atoms with E-state index in [4.69, 9.17) is 0 Å². The summed E-state index contributed by atoms with van der Waals surface area (Å²) in [6.07, 6.45) is 5.57. The summed E-state index contributed by atoms with van der Waals surface area (Å²) >= 11 is 0. The van der Waals surface area contributed by atoms with Crippen LogP contribution in [-0.4, -0.2) is 0 Å². The Labute approximate surface area is 69.0 Å². The van der Waals surface area contributed by atoms with Crippen molar-refractivity contribution in [3.63, 3.8) is 0 Å². The molecule has 2 aliphatic carbocycles. The minimum atomic E-state index is 0.900. The first-order valence-electron chi connectivity index (χ1n) is 4.75. The van der Waals surface area contributed by atoms with E-state index < -0.39 is 0 Å². The van der Waals surface area contributed by atoms with Gasteiger partial charge in [0, 0.05) is 0 Å². The summed E-state index contributed by atoms with van der Waals surface area (Å²) in [4.78, 5) is 0. The van der Waals surface area contributed by atoms with Gasteiger partial charge in [-0.2, -0.15) is 0 Å². The number of hydrogen-bond acceptors (Lipinski definition) is 0. The average molecular weight is 148 g/mol. The van der Waals surface area contributed by atoms with E-state index >= 15 is 0 Å². The predicted molar refractivity (Wildman–Crippen MR) is 47.3 cm³/mol. The van der Waals surface area contributed by atoms with Crippen LogP contribution in [0.2, 0.25) is 0 Å². The molecule has 11 heavy (non-hydrogen) atoms. The number of hydrogen-bond donors (Lipinski definition) is 0. The predicted octanol–water partition coefficient (Wildman–Crippen LogP) is 3.15. The fourth-order valence-electron chi connectivity index (χ4n) is 2.85. The topological polar surface area (TPSA) is 0 Å². The van der Waals surface area contributed by atoms with Crippen molar-refractivity contribution in [3.05, 3.63) is 17.9 Å². The maximum absolute atomic E-state index is 3.73. The van der Waals surface area contributed by atoms with Gasteiger partial charge in [0.05, 0.1) is 0 Å². The lowest BCUT2D eigenvalue weighted by Crippen LogP contribution is -2.27. The molecule has 0 aromatic carbocycles. The zero-order valence-electron chi connectivity index (χ0n) is 7.27. The molecule has 0 saturated heterocycles. The highest BCUT2D eigenvalue weighted by Crippen LogP contribution is 2.54. The van der Waals surface area contributed by atoms with Crippen molar-refractivity contribution in [2.45, 2.75) is 32.6 Å². The van der Waals surface area contributed by atoms with Gasteiger partial charge in [0.1, 0.15) is 0 Å². The normalized spacial score (nSPS) is 41.2. The summed E-state index contributed by atoms with van der Waals surface area (Å²) in [6, 6.07) is 0. The third-order valence-electron chi connectivity index (χ3n) is 3.63. The van der Waals surface area contributed by atoms with Gasteiger partial charge in [0.25, 0.3) is 0 Å². The van der Waals surface area contributed by atoms with Crippen LogP contribution in [0.25, 0.3) is 0 Å². The Balaban J connectivity index is 2.08. The highest BCUT2D eigenvalue weighted by molar-refractivity contribution is 5.20. The quantitative estimate of drug-likeness (QED) is 0.501. The van der Waals surface area contributed by atoms with Gasteiger partial charge in [0.2, 0.25) is 0 Å². The Bertz CT molecular complexity index is 208. The SMILES string of the molecule is C=C=C1CC2C(CC)CCC12. The molecule has 2 rings (SSSR count). The Morgan fingerprint density at radius 1 is 1.55 bits per heavy atom. The van der Waals surface area contributed by atoms with Crippen molar-refractivity contribution in [1.82, 2.24) is 0 Å². The van der Waals surface area contributed by atoms with Crippen LogP contribution in [-0.2, 0) is 0 Å². The monoisotopic (exact) mass is 148 g/mol. The van der Waals surface area contributed by atoms with Gasteiger partial charge in [-0.25, -0.2) is 0 Å². The van der Waals surface area contributed by atoms with E-state index in [-0.39, 0.29) is 0 Å². The van der Waals surface area contributed by atoms with E-state index in [1.165, 1.54) is 31.3 Å². The molecule has 3 unspecified atom stereocenters. The number of fused-ring (bicyclic) bond motifs is 1. The van der Waals surface area contributed by atoms with Crippen LogP contribution in [0.3, 0.4) is 0 Å². The lowest BCUT2D eigenvalue weighted by atomic mass is 9.68. The molecule has 0 heterocycles. The van der Waals surface area contributed by atoms with Gasteiger partial charge in [-0.1, -0.05) is 19.9 Å². The zero-order chi connectivity index (χ0) is 7.84. The summed E-state index contributed by atoms with van der Waals surface area (Å²) < 4.78 is 0. The van der Waals surface area contributed by atoms with Gasteiger partial charge >= 0.3 is 0 Å². The third kappa shape index (κ3) is 0.895. The second-order valence-electron chi connectivity index (χ2n) is 3.92. The summed E-state index contributed by atoms with van der Waals surface area (Å²) in [5, 5.41) is 0. The largest absolute Gasteiger partial charge is 0.129 e. The van der Waals surface area contributed by atoms with E-state index in [0.717, 1.165) is 17.8 Å². The molecule has 2 saturated carbocycles. The number of allylic oxidation sites excluding steroid dienone is 1. The molecule has 0 bridgehead atoms. The fraction of sp³-hybridized carbons (Fsp3) is 0.727. The number of rotatable bonds is 1. The molecule has 0 aliphatic heterocycles. The van der Waals surface area contributed by atoms with E-state index in [9.17, 15) is 0 Å². The molecule has 0 aromatic rings. The fourth-order valence-corrected chi connectivity index (χ4v) is 2.85. The van der Waals surface area contributed by atoms with Gasteiger partial charge in [0.15, 0.2) is 0 Å². The molecule has 0 amide bonds. The lowest BCUT2D eigenvalue weighted by Gasteiger charge is -2.35.